The zero-order valence-corrected chi connectivity index (χ0v) is 7.49. The SMILES string of the molecule is CN(C)CCc1cnncc1N. The van der Waals surface area contributed by atoms with Gasteiger partial charge < -0.3 is 10.6 Å². The Hall–Kier alpha value is -1.16. The standard InChI is InChI=1S/C8H14N4/c1-12(2)4-3-7-5-10-11-6-8(7)9/h5-6H,3-4H2,1-2H3,(H2,9,10). The number of nitrogens with two attached hydrogens (primary N) is 1. The van der Waals surface area contributed by atoms with E-state index in [2.05, 4.69) is 15.1 Å². The predicted octanol–water partition coefficient (Wildman–Crippen LogP) is 0.163. The third kappa shape index (κ3) is 2.47. The first-order valence-electron chi connectivity index (χ1n) is 3.90. The molecule has 0 aliphatic heterocycles. The second kappa shape index (κ2) is 4.01. The summed E-state index contributed by atoms with van der Waals surface area (Å²) in [5, 5.41) is 7.46. The fourth-order valence-electron chi connectivity index (χ4n) is 0.909. The maximum Gasteiger partial charge on any atom is 0.0728 e. The number of hydrogen-bond donors (Lipinski definition) is 1. The molecule has 0 aromatic carbocycles. The zero-order valence-electron chi connectivity index (χ0n) is 7.49. The van der Waals surface area contributed by atoms with Gasteiger partial charge in [-0.3, -0.25) is 0 Å². The van der Waals surface area contributed by atoms with Crippen LogP contribution in [0, 0.1) is 0 Å². The lowest BCUT2D eigenvalue weighted by Crippen LogP contribution is -2.15. The molecule has 0 saturated heterocycles. The minimum Gasteiger partial charge on any atom is -0.397 e. The molecule has 1 aromatic rings. The molecule has 0 unspecified atom stereocenters. The lowest BCUT2D eigenvalue weighted by molar-refractivity contribution is 0.413. The van der Waals surface area contributed by atoms with Gasteiger partial charge in [-0.1, -0.05) is 0 Å². The Balaban J connectivity index is 2.57. The van der Waals surface area contributed by atoms with Crippen molar-refractivity contribution in [2.24, 2.45) is 0 Å². The Kier molecular flexibility index (Phi) is 2.99. The van der Waals surface area contributed by atoms with Crippen LogP contribution in [0.15, 0.2) is 12.4 Å². The van der Waals surface area contributed by atoms with E-state index in [1.54, 1.807) is 12.4 Å². The smallest absolute Gasteiger partial charge is 0.0728 e. The summed E-state index contributed by atoms with van der Waals surface area (Å²) in [5.74, 6) is 0. The van der Waals surface area contributed by atoms with Crippen molar-refractivity contribution in [1.29, 1.82) is 0 Å². The molecule has 4 nitrogen and oxygen atoms in total. The van der Waals surface area contributed by atoms with Gasteiger partial charge >= 0.3 is 0 Å². The van der Waals surface area contributed by atoms with Crippen LogP contribution in [-0.4, -0.2) is 35.7 Å². The van der Waals surface area contributed by atoms with E-state index in [1.807, 2.05) is 14.1 Å². The Morgan fingerprint density at radius 3 is 2.58 bits per heavy atom. The average Bonchev–Trinajstić information content (AvgIpc) is 2.03. The van der Waals surface area contributed by atoms with Gasteiger partial charge in [0, 0.05) is 6.54 Å². The maximum absolute atomic E-state index is 5.69. The molecular weight excluding hydrogens is 152 g/mol. The molecule has 1 heterocycles. The molecule has 0 bridgehead atoms. The molecule has 0 aliphatic rings. The van der Waals surface area contributed by atoms with Gasteiger partial charge in [-0.25, -0.2) is 0 Å². The summed E-state index contributed by atoms with van der Waals surface area (Å²) in [5.41, 5.74) is 7.48. The summed E-state index contributed by atoms with van der Waals surface area (Å²) in [6.45, 7) is 0.982. The molecule has 1 aromatic heterocycles. The van der Waals surface area contributed by atoms with Crippen molar-refractivity contribution in [1.82, 2.24) is 15.1 Å². The number of anilines is 1. The molecule has 0 spiro atoms. The van der Waals surface area contributed by atoms with Crippen LogP contribution >= 0.6 is 0 Å². The Bertz CT molecular complexity index is 247. The van der Waals surface area contributed by atoms with Gasteiger partial charge in [-0.15, -0.1) is 0 Å². The quantitative estimate of drug-likeness (QED) is 0.695. The summed E-state index contributed by atoms with van der Waals surface area (Å²) >= 11 is 0. The fraction of sp³-hybridized carbons (Fsp3) is 0.500. The number of hydrogen-bond acceptors (Lipinski definition) is 4. The third-order valence-corrected chi connectivity index (χ3v) is 1.68. The van der Waals surface area contributed by atoms with Gasteiger partial charge in [-0.05, 0) is 26.1 Å². The van der Waals surface area contributed by atoms with E-state index >= 15 is 0 Å². The van der Waals surface area contributed by atoms with Gasteiger partial charge in [-0.2, -0.15) is 10.2 Å². The normalized spacial score (nSPS) is 10.6. The lowest BCUT2D eigenvalue weighted by Gasteiger charge is -2.09. The topological polar surface area (TPSA) is 55.0 Å². The van der Waals surface area contributed by atoms with Gasteiger partial charge in [0.2, 0.25) is 0 Å². The van der Waals surface area contributed by atoms with Crippen molar-refractivity contribution >= 4 is 5.69 Å². The molecule has 0 saturated carbocycles. The first-order valence-corrected chi connectivity index (χ1v) is 3.90. The predicted molar refractivity (Wildman–Crippen MR) is 48.7 cm³/mol. The van der Waals surface area contributed by atoms with Crippen LogP contribution in [-0.2, 0) is 6.42 Å². The minimum absolute atomic E-state index is 0.729. The first kappa shape index (κ1) is 8.93. The van der Waals surface area contributed by atoms with E-state index in [1.165, 1.54) is 0 Å². The largest absolute Gasteiger partial charge is 0.397 e. The molecule has 1 rings (SSSR count). The summed E-state index contributed by atoms with van der Waals surface area (Å²) in [7, 11) is 4.07. The van der Waals surface area contributed by atoms with Crippen molar-refractivity contribution < 1.29 is 0 Å². The summed E-state index contributed by atoms with van der Waals surface area (Å²) in [6.07, 6.45) is 4.23. The van der Waals surface area contributed by atoms with Crippen molar-refractivity contribution in [2.75, 3.05) is 26.4 Å². The van der Waals surface area contributed by atoms with E-state index < -0.39 is 0 Å². The zero-order chi connectivity index (χ0) is 8.97. The molecule has 4 heteroatoms. The monoisotopic (exact) mass is 166 g/mol. The Morgan fingerprint density at radius 1 is 1.33 bits per heavy atom. The van der Waals surface area contributed by atoms with Gasteiger partial charge in [0.15, 0.2) is 0 Å². The van der Waals surface area contributed by atoms with E-state index in [-0.39, 0.29) is 0 Å². The molecule has 0 amide bonds. The Morgan fingerprint density at radius 2 is 2.00 bits per heavy atom. The second-order valence-electron chi connectivity index (χ2n) is 3.02. The number of nitrogens with zero attached hydrogens (tertiary/aromatic N) is 3. The van der Waals surface area contributed by atoms with Gasteiger partial charge in [0.1, 0.15) is 0 Å². The van der Waals surface area contributed by atoms with Crippen LogP contribution in [0.4, 0.5) is 5.69 Å². The third-order valence-electron chi connectivity index (χ3n) is 1.68. The van der Waals surface area contributed by atoms with E-state index in [0.717, 1.165) is 24.2 Å². The van der Waals surface area contributed by atoms with E-state index in [4.69, 9.17) is 5.73 Å². The highest BCUT2D eigenvalue weighted by Crippen LogP contribution is 2.07. The molecule has 0 atom stereocenters. The summed E-state index contributed by atoms with van der Waals surface area (Å²) < 4.78 is 0. The maximum atomic E-state index is 5.69. The van der Waals surface area contributed by atoms with E-state index in [9.17, 15) is 0 Å². The van der Waals surface area contributed by atoms with Crippen molar-refractivity contribution in [3.63, 3.8) is 0 Å². The van der Waals surface area contributed by atoms with E-state index in [0.29, 0.717) is 0 Å². The average molecular weight is 166 g/mol. The van der Waals surface area contributed by atoms with Crippen LogP contribution in [0.5, 0.6) is 0 Å². The highest BCUT2D eigenvalue weighted by Gasteiger charge is 1.99. The van der Waals surface area contributed by atoms with Crippen LogP contribution < -0.4 is 5.73 Å². The van der Waals surface area contributed by atoms with Gasteiger partial charge in [0.25, 0.3) is 0 Å². The molecular formula is C8H14N4. The fourth-order valence-corrected chi connectivity index (χ4v) is 0.909. The number of nitrogen functional groups attached to an aromatic ring is 1. The minimum atomic E-state index is 0.729. The molecule has 0 radical (unpaired) electrons. The van der Waals surface area contributed by atoms with Crippen molar-refractivity contribution in [3.8, 4) is 0 Å². The number of rotatable bonds is 3. The molecule has 2 N–H and O–H groups in total. The molecule has 0 aliphatic carbocycles. The van der Waals surface area contributed by atoms with Crippen LogP contribution in [0.2, 0.25) is 0 Å². The number of likely N-dealkylation sites (N-methyl/N-ethyl adjacent to an activating group) is 1. The highest BCUT2D eigenvalue weighted by molar-refractivity contribution is 5.42. The first-order chi connectivity index (χ1) is 5.70. The molecule has 66 valence electrons. The van der Waals surface area contributed by atoms with Crippen LogP contribution in [0.3, 0.4) is 0 Å². The molecule has 12 heavy (non-hydrogen) atoms. The Labute approximate surface area is 72.4 Å². The van der Waals surface area contributed by atoms with Crippen LogP contribution in [0.25, 0.3) is 0 Å². The lowest BCUT2D eigenvalue weighted by atomic mass is 10.2. The summed E-state index contributed by atoms with van der Waals surface area (Å²) in [6, 6.07) is 0. The summed E-state index contributed by atoms with van der Waals surface area (Å²) in [4.78, 5) is 2.11. The number of aromatic nitrogens is 2. The van der Waals surface area contributed by atoms with Crippen molar-refractivity contribution in [2.45, 2.75) is 6.42 Å². The second-order valence-corrected chi connectivity index (χ2v) is 3.02. The molecule has 0 fully saturated rings. The highest BCUT2D eigenvalue weighted by atomic mass is 15.1. The van der Waals surface area contributed by atoms with Crippen molar-refractivity contribution in [3.05, 3.63) is 18.0 Å². The van der Waals surface area contributed by atoms with Crippen LogP contribution in [0.1, 0.15) is 5.56 Å². The van der Waals surface area contributed by atoms with Gasteiger partial charge in [0.05, 0.1) is 18.1 Å².